The maximum atomic E-state index is 13.3. The molecular formula is C14H17BrF2N2OS. The second-order valence-corrected chi connectivity index (χ2v) is 8.99. The number of hydrogen-bond acceptors (Lipinski definition) is 3. The first-order valence-electron chi connectivity index (χ1n) is 7.00. The molecule has 0 radical (unpaired) electrons. The van der Waals surface area contributed by atoms with Gasteiger partial charge in [-0.3, -0.25) is 0 Å². The normalized spacial score (nSPS) is 24.6. The van der Waals surface area contributed by atoms with Crippen molar-refractivity contribution in [3.8, 4) is 0 Å². The molecule has 21 heavy (non-hydrogen) atoms. The Morgan fingerprint density at radius 3 is 2.57 bits per heavy atom. The van der Waals surface area contributed by atoms with E-state index in [9.17, 15) is 13.0 Å². The molecule has 2 fully saturated rings. The first-order chi connectivity index (χ1) is 9.79. The summed E-state index contributed by atoms with van der Waals surface area (Å²) in [4.78, 5) is 2.12. The molecule has 116 valence electrons. The number of rotatable bonds is 3. The van der Waals surface area contributed by atoms with E-state index in [0.29, 0.717) is 21.6 Å². The Labute approximate surface area is 131 Å². The summed E-state index contributed by atoms with van der Waals surface area (Å²) in [6.45, 7) is 0.0215. The zero-order valence-corrected chi connectivity index (χ0v) is 13.9. The van der Waals surface area contributed by atoms with Crippen LogP contribution in [0.15, 0.2) is 27.6 Å². The molecule has 1 aliphatic heterocycles. The fraction of sp³-hybridized carbons (Fsp3) is 0.571. The van der Waals surface area contributed by atoms with Crippen molar-refractivity contribution >= 4 is 31.3 Å². The summed E-state index contributed by atoms with van der Waals surface area (Å²) >= 11 is 3.38. The molecule has 1 aliphatic carbocycles. The second kappa shape index (κ2) is 5.19. The first kappa shape index (κ1) is 15.2. The van der Waals surface area contributed by atoms with E-state index in [2.05, 4.69) is 15.9 Å². The molecule has 3 rings (SSSR count). The molecule has 1 N–H and O–H groups in total. The minimum atomic E-state index is -2.78. The lowest BCUT2D eigenvalue weighted by atomic mass is 10.00. The number of benzene rings is 1. The Balaban J connectivity index is 1.87. The van der Waals surface area contributed by atoms with E-state index in [1.807, 2.05) is 0 Å². The summed E-state index contributed by atoms with van der Waals surface area (Å²) in [5.74, 6) is -2.65. The molecule has 1 aromatic carbocycles. The van der Waals surface area contributed by atoms with Crippen LogP contribution >= 0.6 is 15.9 Å². The highest BCUT2D eigenvalue weighted by atomic mass is 79.9. The number of alkyl halides is 2. The molecule has 1 saturated heterocycles. The van der Waals surface area contributed by atoms with E-state index in [-0.39, 0.29) is 18.2 Å². The zero-order valence-electron chi connectivity index (χ0n) is 11.4. The molecule has 0 bridgehead atoms. The molecule has 1 unspecified atom stereocenters. The summed E-state index contributed by atoms with van der Waals surface area (Å²) in [6, 6.07) is 5.03. The number of nitrogens with zero attached hydrogens (tertiary/aromatic N) is 1. The molecule has 2 aliphatic rings. The van der Waals surface area contributed by atoms with Crippen molar-refractivity contribution in [2.75, 3.05) is 18.0 Å². The van der Waals surface area contributed by atoms with Crippen molar-refractivity contribution in [1.29, 1.82) is 4.78 Å². The SMILES string of the molecule is N=S(=O)(c1ccc(N2CCC(F)(F)C2)c(Br)c1)C1CCC1. The molecule has 0 spiro atoms. The highest BCUT2D eigenvalue weighted by Gasteiger charge is 2.39. The third-order valence-corrected chi connectivity index (χ3v) is 7.30. The van der Waals surface area contributed by atoms with Gasteiger partial charge in [0.05, 0.1) is 22.0 Å². The highest BCUT2D eigenvalue weighted by molar-refractivity contribution is 9.10. The van der Waals surface area contributed by atoms with Gasteiger partial charge in [-0.2, -0.15) is 0 Å². The lowest BCUT2D eigenvalue weighted by Gasteiger charge is -2.28. The third-order valence-electron chi connectivity index (χ3n) is 4.30. The second-order valence-electron chi connectivity index (χ2n) is 5.79. The molecule has 1 saturated carbocycles. The summed E-state index contributed by atoms with van der Waals surface area (Å²) in [5, 5.41) is -0.0635. The van der Waals surface area contributed by atoms with E-state index < -0.39 is 15.7 Å². The molecule has 1 aromatic rings. The minimum absolute atomic E-state index is 0.0635. The van der Waals surface area contributed by atoms with Gasteiger partial charge in [0.2, 0.25) is 0 Å². The van der Waals surface area contributed by atoms with Crippen LogP contribution in [-0.2, 0) is 9.73 Å². The fourth-order valence-corrected chi connectivity index (χ4v) is 5.50. The molecule has 1 atom stereocenters. The van der Waals surface area contributed by atoms with Crippen LogP contribution in [0, 0.1) is 4.78 Å². The predicted octanol–water partition coefficient (Wildman–Crippen LogP) is 4.25. The fourth-order valence-electron chi connectivity index (χ4n) is 2.77. The van der Waals surface area contributed by atoms with E-state index in [1.54, 1.807) is 23.1 Å². The van der Waals surface area contributed by atoms with Gasteiger partial charge in [-0.15, -0.1) is 0 Å². The van der Waals surface area contributed by atoms with Crippen LogP contribution in [0.1, 0.15) is 25.7 Å². The van der Waals surface area contributed by atoms with Crippen LogP contribution in [0.5, 0.6) is 0 Å². The highest BCUT2D eigenvalue weighted by Crippen LogP contribution is 2.38. The summed E-state index contributed by atoms with van der Waals surface area (Å²) in [6.07, 6.45) is 2.56. The first-order valence-corrected chi connectivity index (χ1v) is 9.41. The van der Waals surface area contributed by atoms with Crippen LogP contribution < -0.4 is 4.90 Å². The lowest BCUT2D eigenvalue weighted by Crippen LogP contribution is -2.28. The molecule has 0 aromatic heterocycles. The van der Waals surface area contributed by atoms with E-state index in [0.717, 1.165) is 19.3 Å². The van der Waals surface area contributed by atoms with E-state index >= 15 is 0 Å². The average Bonchev–Trinajstić information content (AvgIpc) is 2.66. The van der Waals surface area contributed by atoms with Gasteiger partial charge in [0.15, 0.2) is 0 Å². The van der Waals surface area contributed by atoms with Crippen molar-refractivity contribution in [3.63, 3.8) is 0 Å². The van der Waals surface area contributed by atoms with Crippen LogP contribution in [0.3, 0.4) is 0 Å². The third kappa shape index (κ3) is 2.82. The number of hydrogen-bond donors (Lipinski definition) is 1. The standard InChI is InChI=1S/C14H17BrF2N2OS/c15-12-8-11(21(18,20)10-2-1-3-10)4-5-13(12)19-7-6-14(16,17)9-19/h4-5,8,10,18H,1-3,6-7,9H2. The molecule has 0 amide bonds. The van der Waals surface area contributed by atoms with Gasteiger partial charge in [-0.25, -0.2) is 17.8 Å². The Morgan fingerprint density at radius 1 is 1.38 bits per heavy atom. The smallest absolute Gasteiger partial charge is 0.266 e. The molecular weight excluding hydrogens is 362 g/mol. The largest absolute Gasteiger partial charge is 0.364 e. The Kier molecular flexibility index (Phi) is 3.76. The molecule has 1 heterocycles. The van der Waals surface area contributed by atoms with E-state index in [4.69, 9.17) is 4.78 Å². The van der Waals surface area contributed by atoms with Gasteiger partial charge in [0.1, 0.15) is 0 Å². The summed E-state index contributed by atoms with van der Waals surface area (Å²) in [7, 11) is -2.78. The van der Waals surface area contributed by atoms with Gasteiger partial charge in [-0.1, -0.05) is 6.42 Å². The monoisotopic (exact) mass is 378 g/mol. The van der Waals surface area contributed by atoms with Crippen LogP contribution in [-0.4, -0.2) is 28.5 Å². The van der Waals surface area contributed by atoms with Crippen molar-refractivity contribution in [3.05, 3.63) is 22.7 Å². The Bertz CT molecular complexity index is 659. The number of nitrogens with one attached hydrogen (secondary N) is 1. The van der Waals surface area contributed by atoms with Gasteiger partial charge in [0.25, 0.3) is 5.92 Å². The maximum absolute atomic E-state index is 13.3. The van der Waals surface area contributed by atoms with Gasteiger partial charge in [0, 0.05) is 27.6 Å². The van der Waals surface area contributed by atoms with Crippen molar-refractivity contribution in [2.24, 2.45) is 0 Å². The summed E-state index contributed by atoms with van der Waals surface area (Å²) < 4.78 is 48.0. The molecule has 3 nitrogen and oxygen atoms in total. The van der Waals surface area contributed by atoms with Crippen LogP contribution in [0.4, 0.5) is 14.5 Å². The summed E-state index contributed by atoms with van der Waals surface area (Å²) in [5.41, 5.74) is 0.680. The van der Waals surface area contributed by atoms with Crippen LogP contribution in [0.2, 0.25) is 0 Å². The van der Waals surface area contributed by atoms with Crippen molar-refractivity contribution in [1.82, 2.24) is 0 Å². The maximum Gasteiger partial charge on any atom is 0.266 e. The lowest BCUT2D eigenvalue weighted by molar-refractivity contribution is 0.0257. The Morgan fingerprint density at radius 2 is 2.10 bits per heavy atom. The van der Waals surface area contributed by atoms with Crippen molar-refractivity contribution < 1.29 is 13.0 Å². The van der Waals surface area contributed by atoms with Crippen molar-refractivity contribution in [2.45, 2.75) is 41.8 Å². The topological polar surface area (TPSA) is 44.2 Å². The predicted molar refractivity (Wildman–Crippen MR) is 82.7 cm³/mol. The van der Waals surface area contributed by atoms with Crippen LogP contribution in [0.25, 0.3) is 0 Å². The zero-order chi connectivity index (χ0) is 15.3. The molecule has 7 heteroatoms. The number of anilines is 1. The quantitative estimate of drug-likeness (QED) is 0.853. The number of halogens is 3. The Hall–Kier alpha value is -0.690. The van der Waals surface area contributed by atoms with Gasteiger partial charge < -0.3 is 4.90 Å². The minimum Gasteiger partial charge on any atom is -0.364 e. The van der Waals surface area contributed by atoms with Gasteiger partial charge in [-0.05, 0) is 47.0 Å². The average molecular weight is 379 g/mol. The van der Waals surface area contributed by atoms with E-state index in [1.165, 1.54) is 0 Å². The van der Waals surface area contributed by atoms with Gasteiger partial charge >= 0.3 is 0 Å².